The Labute approximate surface area is 196 Å². The molecule has 1 atom stereocenters. The Morgan fingerprint density at radius 3 is 2.44 bits per heavy atom. The number of rotatable bonds is 9. The van der Waals surface area contributed by atoms with Gasteiger partial charge in [-0.3, -0.25) is 9.78 Å². The molecule has 0 spiro atoms. The summed E-state index contributed by atoms with van der Waals surface area (Å²) in [5.74, 6) is -2.34. The first-order valence-electron chi connectivity index (χ1n) is 11.1. The molecule has 4 aromatic rings. The van der Waals surface area contributed by atoms with E-state index in [9.17, 15) is 18.7 Å². The summed E-state index contributed by atoms with van der Waals surface area (Å²) in [4.78, 5) is 21.2. The highest BCUT2D eigenvalue weighted by molar-refractivity contribution is 5.70. The minimum Gasteiger partial charge on any atom is -0.481 e. The maximum absolute atomic E-state index is 14.4. The van der Waals surface area contributed by atoms with Crippen molar-refractivity contribution in [1.29, 1.82) is 0 Å². The van der Waals surface area contributed by atoms with Crippen LogP contribution in [0.15, 0.2) is 71.3 Å². The fraction of sp³-hybridized carbons (Fsp3) is 0.222. The van der Waals surface area contributed by atoms with Gasteiger partial charge < -0.3 is 9.52 Å². The molecule has 34 heavy (non-hydrogen) atoms. The smallest absolute Gasteiger partial charge is 0.307 e. The van der Waals surface area contributed by atoms with Crippen molar-refractivity contribution >= 4 is 5.97 Å². The Morgan fingerprint density at radius 2 is 1.74 bits per heavy atom. The molecule has 0 saturated heterocycles. The number of hydrogen-bond donors (Lipinski definition) is 1. The lowest BCUT2D eigenvalue weighted by atomic mass is 9.95. The highest BCUT2D eigenvalue weighted by Crippen LogP contribution is 2.24. The molecule has 0 amide bonds. The second-order valence-electron chi connectivity index (χ2n) is 8.07. The fourth-order valence-electron chi connectivity index (χ4n) is 3.82. The van der Waals surface area contributed by atoms with Gasteiger partial charge in [-0.15, -0.1) is 0 Å². The van der Waals surface area contributed by atoms with Crippen molar-refractivity contribution in [1.82, 2.24) is 9.97 Å². The van der Waals surface area contributed by atoms with Crippen LogP contribution in [0.3, 0.4) is 0 Å². The summed E-state index contributed by atoms with van der Waals surface area (Å²) in [6.07, 6.45) is 2.54. The molecule has 0 saturated carbocycles. The van der Waals surface area contributed by atoms with Gasteiger partial charge in [0.25, 0.3) is 0 Å². The Kier molecular flexibility index (Phi) is 7.11. The molecule has 2 aromatic carbocycles. The van der Waals surface area contributed by atoms with Gasteiger partial charge in [-0.25, -0.2) is 13.8 Å². The van der Waals surface area contributed by atoms with E-state index in [-0.39, 0.29) is 24.8 Å². The highest BCUT2D eigenvalue weighted by atomic mass is 19.2. The molecule has 5 nitrogen and oxygen atoms in total. The molecule has 2 heterocycles. The number of aliphatic carboxylic acids is 1. The highest BCUT2D eigenvalue weighted by Gasteiger charge is 2.24. The van der Waals surface area contributed by atoms with Gasteiger partial charge >= 0.3 is 5.97 Å². The zero-order chi connectivity index (χ0) is 24.1. The maximum Gasteiger partial charge on any atom is 0.307 e. The van der Waals surface area contributed by atoms with E-state index in [0.717, 1.165) is 17.4 Å². The third-order valence-electron chi connectivity index (χ3n) is 5.69. The molecule has 2 aromatic heterocycles. The SMILES string of the molecule is CCc1ccc(CC(Cc2ncc(-c3ccccc3)nc2Cc2cccc(F)c2F)C(=O)O)o1. The molecule has 0 aliphatic carbocycles. The molecular weight excluding hydrogens is 438 g/mol. The van der Waals surface area contributed by atoms with E-state index in [1.54, 1.807) is 12.3 Å². The first-order chi connectivity index (χ1) is 16.4. The first kappa shape index (κ1) is 23.3. The fourth-order valence-corrected chi connectivity index (χ4v) is 3.82. The molecule has 0 fully saturated rings. The summed E-state index contributed by atoms with van der Waals surface area (Å²) in [5, 5.41) is 9.85. The maximum atomic E-state index is 14.4. The van der Waals surface area contributed by atoms with Gasteiger partial charge in [-0.1, -0.05) is 49.4 Å². The van der Waals surface area contributed by atoms with E-state index >= 15 is 0 Å². The van der Waals surface area contributed by atoms with Crippen molar-refractivity contribution in [2.45, 2.75) is 32.6 Å². The number of benzene rings is 2. The van der Waals surface area contributed by atoms with Crippen LogP contribution in [0.1, 0.15) is 35.4 Å². The number of furan rings is 1. The number of carboxylic acid groups (broad SMARTS) is 1. The van der Waals surface area contributed by atoms with Gasteiger partial charge in [-0.2, -0.15) is 0 Å². The van der Waals surface area contributed by atoms with Gasteiger partial charge in [-0.05, 0) is 23.8 Å². The Bertz CT molecular complexity index is 1290. The normalized spacial score (nSPS) is 12.0. The Morgan fingerprint density at radius 1 is 0.971 bits per heavy atom. The molecule has 0 aliphatic rings. The molecule has 0 radical (unpaired) electrons. The topological polar surface area (TPSA) is 76.2 Å². The predicted octanol–water partition coefficient (Wildman–Crippen LogP) is 5.65. The van der Waals surface area contributed by atoms with Gasteiger partial charge in [0.1, 0.15) is 11.5 Å². The lowest BCUT2D eigenvalue weighted by Crippen LogP contribution is -2.21. The van der Waals surface area contributed by atoms with Crippen LogP contribution in [0.25, 0.3) is 11.3 Å². The summed E-state index contributed by atoms with van der Waals surface area (Å²) in [5.41, 5.74) is 2.36. The van der Waals surface area contributed by atoms with Crippen LogP contribution in [0.5, 0.6) is 0 Å². The number of hydrogen-bond acceptors (Lipinski definition) is 4. The summed E-state index contributed by atoms with van der Waals surface area (Å²) < 4.78 is 33.9. The molecule has 174 valence electrons. The van der Waals surface area contributed by atoms with Crippen LogP contribution in [-0.4, -0.2) is 21.0 Å². The standard InChI is InChI=1S/C27H24F2N2O3/c1-2-20-11-12-21(34-20)13-19(27(32)33)15-23-24(14-18-9-6-10-22(28)26(18)29)31-25(16-30-23)17-7-4-3-5-8-17/h3-12,16,19H,2,13-15H2,1H3,(H,32,33). The van der Waals surface area contributed by atoms with Gasteiger partial charge in [0.2, 0.25) is 0 Å². The minimum absolute atomic E-state index is 0.0142. The zero-order valence-electron chi connectivity index (χ0n) is 18.7. The summed E-state index contributed by atoms with van der Waals surface area (Å²) >= 11 is 0. The van der Waals surface area contributed by atoms with Crippen molar-refractivity contribution in [2.75, 3.05) is 0 Å². The van der Waals surface area contributed by atoms with E-state index in [1.807, 2.05) is 43.3 Å². The van der Waals surface area contributed by atoms with Crippen molar-refractivity contribution in [3.05, 3.63) is 107 Å². The molecule has 4 rings (SSSR count). The third-order valence-corrected chi connectivity index (χ3v) is 5.69. The zero-order valence-corrected chi connectivity index (χ0v) is 18.7. The van der Waals surface area contributed by atoms with Crippen molar-refractivity contribution in [2.24, 2.45) is 5.92 Å². The lowest BCUT2D eigenvalue weighted by molar-refractivity contribution is -0.141. The van der Waals surface area contributed by atoms with Crippen molar-refractivity contribution < 1.29 is 23.1 Å². The van der Waals surface area contributed by atoms with Crippen LogP contribution < -0.4 is 0 Å². The molecule has 0 aliphatic heterocycles. The van der Waals surface area contributed by atoms with Gasteiger partial charge in [0.05, 0.1) is 29.2 Å². The molecule has 7 heteroatoms. The number of carbonyl (C=O) groups is 1. The molecular formula is C27H24F2N2O3. The summed E-state index contributed by atoms with van der Waals surface area (Å²) in [6.45, 7) is 1.96. The second-order valence-corrected chi connectivity index (χ2v) is 8.07. The quantitative estimate of drug-likeness (QED) is 0.348. The summed E-state index contributed by atoms with van der Waals surface area (Å²) in [6, 6.07) is 17.0. The number of halogens is 2. The molecule has 1 unspecified atom stereocenters. The van der Waals surface area contributed by atoms with Crippen LogP contribution in [-0.2, 0) is 30.5 Å². The van der Waals surface area contributed by atoms with Crippen LogP contribution in [0.4, 0.5) is 8.78 Å². The van der Waals surface area contributed by atoms with E-state index in [2.05, 4.69) is 9.97 Å². The van der Waals surface area contributed by atoms with Gasteiger partial charge in [0, 0.05) is 31.2 Å². The number of aromatic nitrogens is 2. The first-order valence-corrected chi connectivity index (χ1v) is 11.1. The predicted molar refractivity (Wildman–Crippen MR) is 123 cm³/mol. The lowest BCUT2D eigenvalue weighted by Gasteiger charge is -2.15. The van der Waals surface area contributed by atoms with E-state index in [1.165, 1.54) is 12.1 Å². The van der Waals surface area contributed by atoms with Crippen LogP contribution >= 0.6 is 0 Å². The van der Waals surface area contributed by atoms with Crippen molar-refractivity contribution in [3.63, 3.8) is 0 Å². The minimum atomic E-state index is -0.994. The monoisotopic (exact) mass is 462 g/mol. The van der Waals surface area contributed by atoms with E-state index < -0.39 is 23.5 Å². The molecule has 1 N–H and O–H groups in total. The van der Waals surface area contributed by atoms with E-state index in [0.29, 0.717) is 29.3 Å². The Balaban J connectivity index is 1.69. The van der Waals surface area contributed by atoms with Gasteiger partial charge in [0.15, 0.2) is 11.6 Å². The largest absolute Gasteiger partial charge is 0.481 e. The Hall–Kier alpha value is -3.87. The van der Waals surface area contributed by atoms with E-state index in [4.69, 9.17) is 4.42 Å². The van der Waals surface area contributed by atoms with Crippen LogP contribution in [0.2, 0.25) is 0 Å². The number of nitrogens with zero attached hydrogens (tertiary/aromatic N) is 2. The number of carboxylic acids is 1. The number of aryl methyl sites for hydroxylation is 1. The van der Waals surface area contributed by atoms with Crippen molar-refractivity contribution in [3.8, 4) is 11.3 Å². The average molecular weight is 462 g/mol. The third kappa shape index (κ3) is 5.36. The second kappa shape index (κ2) is 10.4. The molecule has 0 bridgehead atoms. The summed E-state index contributed by atoms with van der Waals surface area (Å²) in [7, 11) is 0. The van der Waals surface area contributed by atoms with Crippen LogP contribution in [0, 0.1) is 17.6 Å². The average Bonchev–Trinajstić information content (AvgIpc) is 3.30.